The molecule has 197 valence electrons. The van der Waals surface area contributed by atoms with Crippen molar-refractivity contribution >= 4 is 43.6 Å². The zero-order chi connectivity index (χ0) is 26.2. The molecule has 2 N–H and O–H groups in total. The summed E-state index contributed by atoms with van der Waals surface area (Å²) in [6.45, 7) is 0. The average molecular weight is 574 g/mol. The Labute approximate surface area is 246 Å². The number of fused-ring (bicyclic) bond motifs is 20. The first-order valence-corrected chi connectivity index (χ1v) is 13.5. The van der Waals surface area contributed by atoms with Gasteiger partial charge in [0.25, 0.3) is 0 Å². The van der Waals surface area contributed by atoms with E-state index in [-0.39, 0.29) is 17.1 Å². The van der Waals surface area contributed by atoms with Gasteiger partial charge in [-0.3, -0.25) is 0 Å². The first-order valence-electron chi connectivity index (χ1n) is 13.5. The van der Waals surface area contributed by atoms with Gasteiger partial charge in [-0.05, 0) is 24.3 Å². The third-order valence-corrected chi connectivity index (χ3v) is 8.12. The first-order chi connectivity index (χ1) is 19.8. The van der Waals surface area contributed by atoms with E-state index < -0.39 is 0 Å². The molecule has 9 rings (SSSR count). The van der Waals surface area contributed by atoms with Crippen LogP contribution < -0.4 is 0 Å². The van der Waals surface area contributed by atoms with Crippen molar-refractivity contribution in [3.8, 4) is 45.0 Å². The SMILES string of the molecule is [Cu].c1ccc2c(c1)-c1cc3[nH]c(cc4nc(cc5[nH]c(cc-2n1)c1ccccc51)-c1ccccc1-4)c1ccccc31. The van der Waals surface area contributed by atoms with Crippen molar-refractivity contribution in [1.29, 1.82) is 0 Å². The Morgan fingerprint density at radius 2 is 0.585 bits per heavy atom. The molecule has 8 bridgehead atoms. The Bertz CT molecular complexity index is 2020. The molecular weight excluding hydrogens is 552 g/mol. The molecule has 5 heteroatoms. The summed E-state index contributed by atoms with van der Waals surface area (Å²) < 4.78 is 0. The van der Waals surface area contributed by atoms with E-state index in [0.717, 1.165) is 88.6 Å². The quantitative estimate of drug-likeness (QED) is 0.178. The second-order valence-electron chi connectivity index (χ2n) is 10.4. The van der Waals surface area contributed by atoms with Crippen molar-refractivity contribution < 1.29 is 17.1 Å². The zero-order valence-electron chi connectivity index (χ0n) is 21.7. The molecule has 7 aromatic rings. The Morgan fingerprint density at radius 1 is 0.341 bits per heavy atom. The van der Waals surface area contributed by atoms with E-state index in [9.17, 15) is 0 Å². The number of nitrogens with one attached hydrogen (secondary N) is 2. The maximum Gasteiger partial charge on any atom is 0.0737 e. The maximum absolute atomic E-state index is 5.17. The third-order valence-electron chi connectivity index (χ3n) is 8.12. The summed E-state index contributed by atoms with van der Waals surface area (Å²) in [4.78, 5) is 17.8. The molecule has 5 heterocycles. The van der Waals surface area contributed by atoms with Gasteiger partial charge in [-0.25, -0.2) is 9.97 Å². The predicted molar refractivity (Wildman–Crippen MR) is 165 cm³/mol. The van der Waals surface area contributed by atoms with Gasteiger partial charge in [0.1, 0.15) is 0 Å². The van der Waals surface area contributed by atoms with Gasteiger partial charge in [0.15, 0.2) is 0 Å². The van der Waals surface area contributed by atoms with Gasteiger partial charge in [0.2, 0.25) is 0 Å². The number of benzene rings is 4. The van der Waals surface area contributed by atoms with E-state index in [1.807, 2.05) is 0 Å². The van der Waals surface area contributed by atoms with Crippen molar-refractivity contribution in [3.63, 3.8) is 0 Å². The molecule has 0 fully saturated rings. The maximum atomic E-state index is 5.17. The molecule has 0 atom stereocenters. The molecule has 0 aliphatic carbocycles. The van der Waals surface area contributed by atoms with Crippen LogP contribution in [0.1, 0.15) is 0 Å². The number of aromatic nitrogens is 4. The molecule has 4 aromatic carbocycles. The van der Waals surface area contributed by atoms with Crippen molar-refractivity contribution in [2.24, 2.45) is 0 Å². The molecule has 0 unspecified atom stereocenters. The minimum Gasteiger partial charge on any atom is -0.354 e. The Balaban J connectivity index is 0.00000256. The van der Waals surface area contributed by atoms with Crippen molar-refractivity contribution in [3.05, 3.63) is 121 Å². The fourth-order valence-corrected chi connectivity index (χ4v) is 6.27. The molecule has 4 nitrogen and oxygen atoms in total. The minimum absolute atomic E-state index is 0. The molecule has 2 aliphatic rings. The normalized spacial score (nSPS) is 11.7. The second-order valence-corrected chi connectivity index (χ2v) is 10.4. The molecule has 0 saturated carbocycles. The van der Waals surface area contributed by atoms with E-state index in [1.54, 1.807) is 0 Å². The summed E-state index contributed by atoms with van der Waals surface area (Å²) in [7, 11) is 0. The molecular formula is C36H22CuN4. The first kappa shape index (κ1) is 23.9. The monoisotopic (exact) mass is 573 g/mol. The Hall–Kier alpha value is -4.96. The number of H-pyrrole nitrogens is 2. The van der Waals surface area contributed by atoms with Crippen LogP contribution >= 0.6 is 0 Å². The summed E-state index contributed by atoms with van der Waals surface area (Å²) in [6.07, 6.45) is 0. The fraction of sp³-hybridized carbons (Fsp3) is 0. The number of hydrogen-bond donors (Lipinski definition) is 2. The molecule has 0 amide bonds. The smallest absolute Gasteiger partial charge is 0.0737 e. The molecule has 2 aliphatic heterocycles. The van der Waals surface area contributed by atoms with Crippen molar-refractivity contribution in [1.82, 2.24) is 19.9 Å². The zero-order valence-corrected chi connectivity index (χ0v) is 22.7. The van der Waals surface area contributed by atoms with Crippen LogP contribution in [0.15, 0.2) is 121 Å². The summed E-state index contributed by atoms with van der Waals surface area (Å²) in [5, 5.41) is 4.66. The van der Waals surface area contributed by atoms with Crippen molar-refractivity contribution in [2.75, 3.05) is 0 Å². The summed E-state index contributed by atoms with van der Waals surface area (Å²) >= 11 is 0. The fourth-order valence-electron chi connectivity index (χ4n) is 6.27. The van der Waals surface area contributed by atoms with Crippen LogP contribution in [0.3, 0.4) is 0 Å². The standard InChI is InChI=1S/C36H22N4.Cu/c1-2-10-22-21(9-1)29-17-31-23-11-3-4-12-24(23)33(38-31)19-35-27-15-7-8-16-28(27)36(40-35)20-34-26-14-6-5-13-25(26)32(39-34)18-30(22)37-29;/h1-20,37,40H;. The van der Waals surface area contributed by atoms with Crippen molar-refractivity contribution in [2.45, 2.75) is 0 Å². The molecule has 41 heavy (non-hydrogen) atoms. The number of hydrogen-bond acceptors (Lipinski definition) is 2. The van der Waals surface area contributed by atoms with Crippen LogP contribution in [-0.4, -0.2) is 19.9 Å². The molecule has 1 radical (unpaired) electrons. The van der Waals surface area contributed by atoms with Gasteiger partial charge in [-0.15, -0.1) is 0 Å². The molecule has 3 aromatic heterocycles. The number of aromatic amines is 2. The van der Waals surface area contributed by atoms with Gasteiger partial charge < -0.3 is 9.97 Å². The van der Waals surface area contributed by atoms with Crippen LogP contribution in [0.2, 0.25) is 0 Å². The summed E-state index contributed by atoms with van der Waals surface area (Å²) in [6, 6.07) is 42.7. The topological polar surface area (TPSA) is 57.4 Å². The van der Waals surface area contributed by atoms with Crippen LogP contribution in [0.4, 0.5) is 0 Å². The Kier molecular flexibility index (Phi) is 5.26. The van der Waals surface area contributed by atoms with Gasteiger partial charge in [-0.2, -0.15) is 0 Å². The van der Waals surface area contributed by atoms with Gasteiger partial charge in [-0.1, -0.05) is 97.1 Å². The van der Waals surface area contributed by atoms with Gasteiger partial charge in [0, 0.05) is 82.9 Å². The number of nitrogens with zero attached hydrogens (tertiary/aromatic N) is 2. The predicted octanol–water partition coefficient (Wildman–Crippen LogP) is 9.29. The summed E-state index contributed by atoms with van der Waals surface area (Å²) in [5.74, 6) is 0. The van der Waals surface area contributed by atoms with E-state index in [0.29, 0.717) is 0 Å². The van der Waals surface area contributed by atoms with Crippen LogP contribution in [0.25, 0.3) is 88.6 Å². The third kappa shape index (κ3) is 3.60. The van der Waals surface area contributed by atoms with Crippen LogP contribution in [-0.2, 0) is 17.1 Å². The Morgan fingerprint density at radius 3 is 0.854 bits per heavy atom. The van der Waals surface area contributed by atoms with E-state index in [4.69, 9.17) is 9.97 Å². The van der Waals surface area contributed by atoms with Crippen LogP contribution in [0.5, 0.6) is 0 Å². The second kappa shape index (κ2) is 9.03. The van der Waals surface area contributed by atoms with E-state index in [1.165, 1.54) is 0 Å². The van der Waals surface area contributed by atoms with E-state index in [2.05, 4.69) is 131 Å². The van der Waals surface area contributed by atoms with Gasteiger partial charge >= 0.3 is 0 Å². The molecule has 0 spiro atoms. The van der Waals surface area contributed by atoms with Gasteiger partial charge in [0.05, 0.1) is 22.8 Å². The summed E-state index contributed by atoms with van der Waals surface area (Å²) in [5.41, 5.74) is 12.5. The van der Waals surface area contributed by atoms with E-state index >= 15 is 0 Å². The molecule has 0 saturated heterocycles. The largest absolute Gasteiger partial charge is 0.354 e. The number of rotatable bonds is 0. The average Bonchev–Trinajstić information content (AvgIpc) is 3.73. The van der Waals surface area contributed by atoms with Crippen LogP contribution in [0, 0.1) is 0 Å². The minimum atomic E-state index is 0.